The molecule has 0 spiro atoms. The second-order valence-corrected chi connectivity index (χ2v) is 4.01. The number of nitrogen functional groups attached to an aromatic ring is 1. The molecule has 19 heavy (non-hydrogen) atoms. The molecule has 0 aliphatic rings. The van der Waals surface area contributed by atoms with Gasteiger partial charge in [-0.1, -0.05) is 12.1 Å². The lowest BCUT2D eigenvalue weighted by Gasteiger charge is -2.09. The van der Waals surface area contributed by atoms with Gasteiger partial charge in [-0.25, -0.2) is 9.37 Å². The number of anilines is 2. The summed E-state index contributed by atoms with van der Waals surface area (Å²) in [6.07, 6.45) is 1.43. The fourth-order valence-electron chi connectivity index (χ4n) is 1.60. The first-order valence-corrected chi connectivity index (χ1v) is 5.60. The fourth-order valence-corrected chi connectivity index (χ4v) is 1.60. The van der Waals surface area contributed by atoms with Crippen LogP contribution in [-0.2, 0) is 6.54 Å². The van der Waals surface area contributed by atoms with Gasteiger partial charge < -0.3 is 16.8 Å². The maximum Gasteiger partial charge on any atom is 0.252 e. The summed E-state index contributed by atoms with van der Waals surface area (Å²) in [4.78, 5) is 15.3. The largest absolute Gasteiger partial charge is 0.397 e. The van der Waals surface area contributed by atoms with Crippen LogP contribution in [0.1, 0.15) is 15.9 Å². The van der Waals surface area contributed by atoms with Gasteiger partial charge in [-0.3, -0.25) is 4.79 Å². The predicted octanol–water partition coefficient (Wildman–Crippen LogP) is 1.51. The average Bonchev–Trinajstić information content (AvgIpc) is 2.39. The molecule has 1 aromatic heterocycles. The summed E-state index contributed by atoms with van der Waals surface area (Å²) in [5, 5.41) is 2.97. The third-order valence-electron chi connectivity index (χ3n) is 2.55. The quantitative estimate of drug-likeness (QED) is 0.776. The van der Waals surface area contributed by atoms with Crippen LogP contribution in [-0.4, -0.2) is 10.9 Å². The van der Waals surface area contributed by atoms with E-state index in [0.717, 1.165) is 5.56 Å². The van der Waals surface area contributed by atoms with E-state index >= 15 is 0 Å². The topological polar surface area (TPSA) is 94.0 Å². The third-order valence-corrected chi connectivity index (χ3v) is 2.55. The minimum Gasteiger partial charge on any atom is -0.397 e. The molecule has 1 aromatic carbocycles. The van der Waals surface area contributed by atoms with Crippen LogP contribution < -0.4 is 16.8 Å². The van der Waals surface area contributed by atoms with Crippen LogP contribution in [0.2, 0.25) is 0 Å². The Kier molecular flexibility index (Phi) is 3.61. The molecule has 2 aromatic rings. The van der Waals surface area contributed by atoms with Gasteiger partial charge in [-0.2, -0.15) is 0 Å². The zero-order chi connectivity index (χ0) is 13.8. The highest BCUT2D eigenvalue weighted by atomic mass is 19.1. The van der Waals surface area contributed by atoms with E-state index in [4.69, 9.17) is 11.5 Å². The van der Waals surface area contributed by atoms with Crippen molar-refractivity contribution in [2.45, 2.75) is 6.54 Å². The predicted molar refractivity (Wildman–Crippen MR) is 70.9 cm³/mol. The molecule has 0 saturated carbocycles. The van der Waals surface area contributed by atoms with Crippen molar-refractivity contribution in [3.05, 3.63) is 53.5 Å². The van der Waals surface area contributed by atoms with E-state index < -0.39 is 5.91 Å². The molecule has 0 fully saturated rings. The Balaban J connectivity index is 2.15. The van der Waals surface area contributed by atoms with Crippen LogP contribution in [0.5, 0.6) is 0 Å². The Labute approximate surface area is 109 Å². The van der Waals surface area contributed by atoms with Crippen molar-refractivity contribution in [1.29, 1.82) is 0 Å². The van der Waals surface area contributed by atoms with E-state index in [0.29, 0.717) is 18.1 Å². The number of hydrogen-bond donors (Lipinski definition) is 3. The zero-order valence-corrected chi connectivity index (χ0v) is 10.1. The molecule has 6 heteroatoms. The molecular weight excluding hydrogens is 247 g/mol. The fraction of sp³-hybridized carbons (Fsp3) is 0.0769. The number of carbonyl (C=O) groups excluding carboxylic acids is 1. The molecule has 0 aliphatic carbocycles. The Bertz CT molecular complexity index is 598. The normalized spacial score (nSPS) is 10.2. The van der Waals surface area contributed by atoms with E-state index in [1.807, 2.05) is 0 Å². The number of carbonyl (C=O) groups is 1. The van der Waals surface area contributed by atoms with E-state index in [2.05, 4.69) is 10.3 Å². The smallest absolute Gasteiger partial charge is 0.252 e. The third kappa shape index (κ3) is 3.19. The van der Waals surface area contributed by atoms with Crippen LogP contribution in [0, 0.1) is 5.82 Å². The number of primary amides is 1. The van der Waals surface area contributed by atoms with E-state index in [1.165, 1.54) is 24.4 Å². The lowest BCUT2D eigenvalue weighted by molar-refractivity contribution is 0.100. The van der Waals surface area contributed by atoms with Gasteiger partial charge in [-0.15, -0.1) is 0 Å². The highest BCUT2D eigenvalue weighted by molar-refractivity contribution is 5.98. The Morgan fingerprint density at radius 2 is 2.00 bits per heavy atom. The number of benzene rings is 1. The lowest BCUT2D eigenvalue weighted by Crippen LogP contribution is -2.16. The minimum atomic E-state index is -0.610. The Morgan fingerprint density at radius 3 is 2.63 bits per heavy atom. The molecule has 5 nitrogen and oxygen atoms in total. The van der Waals surface area contributed by atoms with Crippen molar-refractivity contribution in [1.82, 2.24) is 4.98 Å². The molecule has 0 radical (unpaired) electrons. The Morgan fingerprint density at radius 1 is 1.32 bits per heavy atom. The van der Waals surface area contributed by atoms with Crippen LogP contribution in [0.25, 0.3) is 0 Å². The number of nitrogens with zero attached hydrogens (tertiary/aromatic N) is 1. The molecule has 1 heterocycles. The highest BCUT2D eigenvalue weighted by Gasteiger charge is 2.09. The van der Waals surface area contributed by atoms with Gasteiger partial charge in [-0.05, 0) is 23.8 Å². The summed E-state index contributed by atoms with van der Waals surface area (Å²) in [7, 11) is 0. The highest BCUT2D eigenvalue weighted by Crippen LogP contribution is 2.16. The van der Waals surface area contributed by atoms with Gasteiger partial charge in [0.2, 0.25) is 0 Å². The second kappa shape index (κ2) is 5.34. The minimum absolute atomic E-state index is 0.224. The van der Waals surface area contributed by atoms with Crippen molar-refractivity contribution in [3.8, 4) is 0 Å². The van der Waals surface area contributed by atoms with Crippen LogP contribution in [0.3, 0.4) is 0 Å². The summed E-state index contributed by atoms with van der Waals surface area (Å²) >= 11 is 0. The summed E-state index contributed by atoms with van der Waals surface area (Å²) < 4.78 is 12.8. The van der Waals surface area contributed by atoms with Gasteiger partial charge in [0.15, 0.2) is 0 Å². The SMILES string of the molecule is NC(=O)c1cc(N)cnc1NCc1ccc(F)cc1. The second-order valence-electron chi connectivity index (χ2n) is 4.01. The maximum absolute atomic E-state index is 12.8. The summed E-state index contributed by atoms with van der Waals surface area (Å²) in [5.41, 5.74) is 12.2. The van der Waals surface area contributed by atoms with Crippen molar-refractivity contribution < 1.29 is 9.18 Å². The molecule has 0 aliphatic heterocycles. The maximum atomic E-state index is 12.8. The van der Waals surface area contributed by atoms with E-state index in [1.54, 1.807) is 12.1 Å². The monoisotopic (exact) mass is 260 g/mol. The average molecular weight is 260 g/mol. The number of nitrogens with one attached hydrogen (secondary N) is 1. The first-order valence-electron chi connectivity index (χ1n) is 5.60. The van der Waals surface area contributed by atoms with Gasteiger partial charge in [0.25, 0.3) is 5.91 Å². The number of rotatable bonds is 4. The molecule has 2 rings (SSSR count). The summed E-state index contributed by atoms with van der Waals surface area (Å²) in [5.74, 6) is -0.556. The molecule has 1 amide bonds. The Hall–Kier alpha value is -2.63. The van der Waals surface area contributed by atoms with Crippen molar-refractivity contribution >= 4 is 17.4 Å². The van der Waals surface area contributed by atoms with Crippen molar-refractivity contribution in [2.75, 3.05) is 11.1 Å². The molecule has 0 saturated heterocycles. The van der Waals surface area contributed by atoms with Crippen LogP contribution in [0.4, 0.5) is 15.9 Å². The standard InChI is InChI=1S/C13H13FN4O/c14-9-3-1-8(2-4-9)6-17-13-11(12(16)19)5-10(15)7-18-13/h1-5,7H,6,15H2,(H2,16,19)(H,17,18). The number of amides is 1. The van der Waals surface area contributed by atoms with Gasteiger partial charge in [0.1, 0.15) is 11.6 Å². The lowest BCUT2D eigenvalue weighted by atomic mass is 10.2. The number of aromatic nitrogens is 1. The van der Waals surface area contributed by atoms with Crippen LogP contribution in [0.15, 0.2) is 36.5 Å². The molecule has 0 bridgehead atoms. The molecule has 5 N–H and O–H groups in total. The van der Waals surface area contributed by atoms with Crippen molar-refractivity contribution in [3.63, 3.8) is 0 Å². The molecular formula is C13H13FN4O. The van der Waals surface area contributed by atoms with E-state index in [-0.39, 0.29) is 11.4 Å². The molecule has 0 unspecified atom stereocenters. The van der Waals surface area contributed by atoms with Gasteiger partial charge >= 0.3 is 0 Å². The van der Waals surface area contributed by atoms with Gasteiger partial charge in [0, 0.05) is 6.54 Å². The summed E-state index contributed by atoms with van der Waals surface area (Å²) in [6.45, 7) is 0.400. The first kappa shape index (κ1) is 12.8. The number of nitrogens with two attached hydrogens (primary N) is 2. The summed E-state index contributed by atoms with van der Waals surface area (Å²) in [6, 6.07) is 7.47. The zero-order valence-electron chi connectivity index (χ0n) is 10.1. The molecule has 98 valence electrons. The number of halogens is 1. The number of pyridine rings is 1. The van der Waals surface area contributed by atoms with Crippen LogP contribution >= 0.6 is 0 Å². The first-order chi connectivity index (χ1) is 9.06. The number of hydrogen-bond acceptors (Lipinski definition) is 4. The molecule has 0 atom stereocenters. The van der Waals surface area contributed by atoms with E-state index in [9.17, 15) is 9.18 Å². The van der Waals surface area contributed by atoms with Crippen molar-refractivity contribution in [2.24, 2.45) is 5.73 Å². The van der Waals surface area contributed by atoms with Gasteiger partial charge in [0.05, 0.1) is 17.4 Å².